The molecule has 0 saturated carbocycles. The summed E-state index contributed by atoms with van der Waals surface area (Å²) < 4.78 is 6.97. The van der Waals surface area contributed by atoms with Crippen LogP contribution in [-0.4, -0.2) is 80.5 Å². The Labute approximate surface area is 213 Å². The summed E-state index contributed by atoms with van der Waals surface area (Å²) in [5, 5.41) is 0. The van der Waals surface area contributed by atoms with Gasteiger partial charge in [0.25, 0.3) is 0 Å². The third kappa shape index (κ3) is 6.35. The molecule has 184 valence electrons. The number of ether oxygens (including phenoxy) is 1. The fourth-order valence-electron chi connectivity index (χ4n) is 4.45. The molecule has 7 heteroatoms. The summed E-state index contributed by atoms with van der Waals surface area (Å²) in [6.07, 6.45) is 1.75. The van der Waals surface area contributed by atoms with E-state index in [0.717, 1.165) is 49.7 Å². The van der Waals surface area contributed by atoms with Gasteiger partial charge in [-0.3, -0.25) is 0 Å². The maximum atomic E-state index is 13.5. The minimum atomic E-state index is -2.16. The molecule has 4 rings (SSSR count). The van der Waals surface area contributed by atoms with Crippen molar-refractivity contribution in [3.05, 3.63) is 78.5 Å². The Balaban J connectivity index is 1.42. The molecule has 0 radical (unpaired) electrons. The van der Waals surface area contributed by atoms with Gasteiger partial charge in [0.1, 0.15) is 5.75 Å². The summed E-state index contributed by atoms with van der Waals surface area (Å²) in [7, 11) is 1.72. The van der Waals surface area contributed by atoms with Gasteiger partial charge in [-0.25, -0.2) is 0 Å². The molecule has 1 saturated heterocycles. The van der Waals surface area contributed by atoms with Crippen molar-refractivity contribution in [3.8, 4) is 5.75 Å². The molecule has 1 aliphatic rings. The van der Waals surface area contributed by atoms with Crippen molar-refractivity contribution in [3.63, 3.8) is 0 Å². The van der Waals surface area contributed by atoms with Crippen LogP contribution in [-0.2, 0) is 0 Å². The van der Waals surface area contributed by atoms with Crippen molar-refractivity contribution in [1.82, 2.24) is 9.88 Å². The van der Waals surface area contributed by atoms with Crippen molar-refractivity contribution in [2.24, 2.45) is 0 Å². The Hall–Kier alpha value is -2.58. The first-order valence-electron chi connectivity index (χ1n) is 12.3. The Morgan fingerprint density at radius 1 is 0.943 bits per heavy atom. The second kappa shape index (κ2) is 11.4. The molecule has 6 nitrogen and oxygen atoms in total. The summed E-state index contributed by atoms with van der Waals surface area (Å²) in [6.45, 7) is 5.14. The molecule has 1 fully saturated rings. The van der Waals surface area contributed by atoms with E-state index >= 15 is 0 Å². The van der Waals surface area contributed by atoms with Gasteiger partial charge in [-0.1, -0.05) is 12.1 Å². The van der Waals surface area contributed by atoms with E-state index in [9.17, 15) is 4.79 Å². The van der Waals surface area contributed by atoms with E-state index in [-0.39, 0.29) is 5.91 Å². The number of carbonyl (C=O) groups excluding carboxylic acids is 1. The number of hydrogen-bond acceptors (Lipinski definition) is 5. The molecule has 0 N–H and O–H groups in total. The van der Waals surface area contributed by atoms with Crippen LogP contribution < -0.4 is 18.1 Å². The predicted octanol–water partition coefficient (Wildman–Crippen LogP) is 4.10. The van der Waals surface area contributed by atoms with Crippen molar-refractivity contribution < 1.29 is 9.53 Å². The van der Waals surface area contributed by atoms with Crippen LogP contribution in [0.2, 0.25) is 14.8 Å². The standard InChI is InChI=1S/C25H27N4O2.3CH3.Sn/c1-31-23-12-6-5-11-22(23)28-18-15-27(16-19-28)17-20-29(24-13-7-8-14-26-24)25(30)21-9-3-2-4-10-21;;;;/h3-14H,15-20H2,1H3;3*1H3;. The summed E-state index contributed by atoms with van der Waals surface area (Å²) in [4.78, 5) is 31.8. The van der Waals surface area contributed by atoms with Gasteiger partial charge >= 0.3 is 166 Å². The predicted molar refractivity (Wildman–Crippen MR) is 147 cm³/mol. The van der Waals surface area contributed by atoms with Crippen molar-refractivity contribution in [2.75, 3.05) is 56.2 Å². The fourth-order valence-corrected chi connectivity index (χ4v) is 7.78. The Morgan fingerprint density at radius 3 is 2.26 bits per heavy atom. The monoisotopic (exact) mass is 580 g/mol. The number of amides is 1. The zero-order valence-corrected chi connectivity index (χ0v) is 24.1. The third-order valence-corrected chi connectivity index (χ3v) is 12.5. The number of para-hydroxylation sites is 2. The van der Waals surface area contributed by atoms with Crippen LogP contribution in [0.4, 0.5) is 11.5 Å². The fraction of sp³-hybridized carbons (Fsp3) is 0.357. The van der Waals surface area contributed by atoms with Crippen molar-refractivity contribution in [2.45, 2.75) is 14.8 Å². The summed E-state index contributed by atoms with van der Waals surface area (Å²) in [5.41, 5.74) is 1.86. The second-order valence-corrected chi connectivity index (χ2v) is 24.5. The van der Waals surface area contributed by atoms with Gasteiger partial charge in [-0.05, 0) is 12.1 Å². The number of methoxy groups -OCH3 is 1. The van der Waals surface area contributed by atoms with Crippen LogP contribution >= 0.6 is 0 Å². The van der Waals surface area contributed by atoms with E-state index in [2.05, 4.69) is 53.9 Å². The zero-order chi connectivity index (χ0) is 24.8. The Bertz CT molecular complexity index is 1110. The number of pyridine rings is 1. The number of nitrogens with zero attached hydrogens (tertiary/aromatic N) is 4. The molecular formula is C28H36N4O2Sn. The minimum absolute atomic E-state index is 0.00650. The van der Waals surface area contributed by atoms with E-state index < -0.39 is 18.4 Å². The van der Waals surface area contributed by atoms with Crippen LogP contribution in [0.15, 0.2) is 72.9 Å². The van der Waals surface area contributed by atoms with Crippen molar-refractivity contribution in [1.29, 1.82) is 0 Å². The van der Waals surface area contributed by atoms with Gasteiger partial charge < -0.3 is 4.74 Å². The molecule has 0 unspecified atom stereocenters. The molecule has 1 aliphatic heterocycles. The van der Waals surface area contributed by atoms with Crippen LogP contribution in [0.25, 0.3) is 0 Å². The van der Waals surface area contributed by atoms with Gasteiger partial charge in [0.05, 0.1) is 12.8 Å². The van der Waals surface area contributed by atoms with Crippen LogP contribution in [0, 0.1) is 0 Å². The van der Waals surface area contributed by atoms with E-state index in [4.69, 9.17) is 4.74 Å². The molecule has 2 heterocycles. The number of rotatable bonds is 8. The topological polar surface area (TPSA) is 48.9 Å². The molecule has 2 aromatic carbocycles. The SMILES string of the molecule is COc1ccccc1N1CCN(CCN(C(=O)c2cc[c]([Sn]([CH3])([CH3])[CH3])cc2)c2ccccn2)CC1. The first kappa shape index (κ1) is 25.5. The Morgan fingerprint density at radius 2 is 1.63 bits per heavy atom. The van der Waals surface area contributed by atoms with Gasteiger partial charge in [0.15, 0.2) is 0 Å². The number of hydrogen-bond donors (Lipinski definition) is 0. The van der Waals surface area contributed by atoms with Crippen molar-refractivity contribution >= 4 is 39.4 Å². The van der Waals surface area contributed by atoms with Gasteiger partial charge in [0, 0.05) is 0 Å². The quantitative estimate of drug-likeness (QED) is 0.377. The van der Waals surface area contributed by atoms with Crippen LogP contribution in [0.3, 0.4) is 0 Å². The summed E-state index contributed by atoms with van der Waals surface area (Å²) in [5.74, 6) is 1.62. The maximum absolute atomic E-state index is 13.5. The molecule has 1 amide bonds. The Kier molecular flexibility index (Phi) is 8.34. The molecule has 0 atom stereocenters. The van der Waals surface area contributed by atoms with E-state index in [1.165, 1.54) is 3.58 Å². The third-order valence-electron chi connectivity index (χ3n) is 6.61. The number of carbonyl (C=O) groups is 1. The van der Waals surface area contributed by atoms with Gasteiger partial charge in [-0.2, -0.15) is 0 Å². The summed E-state index contributed by atoms with van der Waals surface area (Å²) >= 11 is -2.16. The number of anilines is 2. The number of benzene rings is 2. The first-order valence-corrected chi connectivity index (χ1v) is 22.3. The summed E-state index contributed by atoms with van der Waals surface area (Å²) in [6, 6.07) is 22.2. The first-order chi connectivity index (χ1) is 16.9. The number of aromatic nitrogens is 1. The molecule has 0 bridgehead atoms. The van der Waals surface area contributed by atoms with E-state index in [1.54, 1.807) is 13.3 Å². The average molecular weight is 579 g/mol. The normalized spacial score (nSPS) is 14.6. The van der Waals surface area contributed by atoms with Crippen LogP contribution in [0.5, 0.6) is 5.75 Å². The van der Waals surface area contributed by atoms with E-state index in [0.29, 0.717) is 12.4 Å². The van der Waals surface area contributed by atoms with Gasteiger partial charge in [-0.15, -0.1) is 0 Å². The molecule has 35 heavy (non-hydrogen) atoms. The second-order valence-electron chi connectivity index (χ2n) is 9.97. The molecule has 3 aromatic rings. The average Bonchev–Trinajstić information content (AvgIpc) is 2.89. The molecular weight excluding hydrogens is 543 g/mol. The molecule has 1 aromatic heterocycles. The number of piperazine rings is 1. The van der Waals surface area contributed by atoms with Crippen LogP contribution in [0.1, 0.15) is 10.4 Å². The molecule has 0 spiro atoms. The molecule has 0 aliphatic carbocycles. The van der Waals surface area contributed by atoms with E-state index in [1.807, 2.05) is 47.4 Å². The zero-order valence-electron chi connectivity index (χ0n) is 21.3. The van der Waals surface area contributed by atoms with Gasteiger partial charge in [0.2, 0.25) is 0 Å².